The molecule has 0 spiro atoms. The maximum Gasteiger partial charge on any atom is 0.0636 e. The fourth-order valence-electron chi connectivity index (χ4n) is 2.85. The molecule has 21 heavy (non-hydrogen) atoms. The quantitative estimate of drug-likeness (QED) is 0.933. The molecule has 0 amide bonds. The number of hydrogen-bond acceptors (Lipinski definition) is 4. The Labute approximate surface area is 135 Å². The first kappa shape index (κ1) is 15.3. The zero-order chi connectivity index (χ0) is 14.8. The molecule has 0 saturated carbocycles. The number of thiophene rings is 1. The second-order valence-corrected chi connectivity index (χ2v) is 7.38. The number of nitrogens with zero attached hydrogens (tertiary/aromatic N) is 2. The Bertz CT molecular complexity index is 613. The first-order chi connectivity index (χ1) is 10.1. The molecule has 1 fully saturated rings. The molecule has 114 valence electrons. The molecule has 3 rings (SSSR count). The molecule has 3 nitrogen and oxygen atoms in total. The highest BCUT2D eigenvalue weighted by Crippen LogP contribution is 2.34. The van der Waals surface area contributed by atoms with Crippen LogP contribution in [0.25, 0.3) is 10.1 Å². The van der Waals surface area contributed by atoms with Gasteiger partial charge in [0.15, 0.2) is 0 Å². The van der Waals surface area contributed by atoms with Crippen molar-refractivity contribution >= 4 is 33.0 Å². The monoisotopic (exact) mass is 323 g/mol. The highest BCUT2D eigenvalue weighted by molar-refractivity contribution is 7.19. The summed E-state index contributed by atoms with van der Waals surface area (Å²) >= 11 is 8.28. The van der Waals surface area contributed by atoms with E-state index in [2.05, 4.69) is 47.4 Å². The minimum Gasteiger partial charge on any atom is -0.310 e. The maximum atomic E-state index is 6.48. The highest BCUT2D eigenvalue weighted by atomic mass is 35.5. The van der Waals surface area contributed by atoms with E-state index in [4.69, 9.17) is 11.6 Å². The van der Waals surface area contributed by atoms with Gasteiger partial charge in [-0.05, 0) is 20.2 Å². The molecular weight excluding hydrogens is 302 g/mol. The van der Waals surface area contributed by atoms with Crippen LogP contribution in [0.15, 0.2) is 24.3 Å². The van der Waals surface area contributed by atoms with Gasteiger partial charge in [-0.25, -0.2) is 0 Å². The lowest BCUT2D eigenvalue weighted by molar-refractivity contribution is 0.113. The predicted molar refractivity (Wildman–Crippen MR) is 92.5 cm³/mol. The fraction of sp³-hybridized carbons (Fsp3) is 0.500. The highest BCUT2D eigenvalue weighted by Gasteiger charge is 2.21. The van der Waals surface area contributed by atoms with Crippen LogP contribution < -0.4 is 5.32 Å². The van der Waals surface area contributed by atoms with Crippen LogP contribution in [0.1, 0.15) is 4.88 Å². The zero-order valence-corrected chi connectivity index (χ0v) is 14.2. The van der Waals surface area contributed by atoms with Gasteiger partial charge in [-0.2, -0.15) is 0 Å². The lowest BCUT2D eigenvalue weighted by Gasteiger charge is -2.37. The Morgan fingerprint density at radius 1 is 1.29 bits per heavy atom. The lowest BCUT2D eigenvalue weighted by atomic mass is 10.2. The van der Waals surface area contributed by atoms with Gasteiger partial charge < -0.3 is 10.2 Å². The third-order valence-electron chi connectivity index (χ3n) is 4.25. The van der Waals surface area contributed by atoms with E-state index in [1.54, 1.807) is 11.3 Å². The van der Waals surface area contributed by atoms with Crippen molar-refractivity contribution in [3.63, 3.8) is 0 Å². The molecule has 1 saturated heterocycles. The van der Waals surface area contributed by atoms with E-state index >= 15 is 0 Å². The minimum absolute atomic E-state index is 0.580. The summed E-state index contributed by atoms with van der Waals surface area (Å²) in [6.07, 6.45) is 0. The third kappa shape index (κ3) is 3.41. The van der Waals surface area contributed by atoms with Crippen molar-refractivity contribution in [1.82, 2.24) is 15.1 Å². The topological polar surface area (TPSA) is 18.5 Å². The van der Waals surface area contributed by atoms with E-state index in [1.165, 1.54) is 15.0 Å². The first-order valence-electron chi connectivity index (χ1n) is 7.40. The van der Waals surface area contributed by atoms with E-state index < -0.39 is 0 Å². The Morgan fingerprint density at radius 2 is 2.10 bits per heavy atom. The van der Waals surface area contributed by atoms with Crippen LogP contribution in [0.3, 0.4) is 0 Å². The SMILES string of the molecule is CN1CCN(C)C(CNCc2sc3ccccc3c2Cl)C1. The van der Waals surface area contributed by atoms with Crippen LogP contribution in [0, 0.1) is 0 Å². The van der Waals surface area contributed by atoms with Gasteiger partial charge in [0, 0.05) is 53.7 Å². The summed E-state index contributed by atoms with van der Waals surface area (Å²) in [6.45, 7) is 5.29. The Hall–Kier alpha value is -0.650. The predicted octanol–water partition coefficient (Wildman–Crippen LogP) is 2.89. The van der Waals surface area contributed by atoms with Crippen molar-refractivity contribution in [2.75, 3.05) is 40.3 Å². The summed E-state index contributed by atoms with van der Waals surface area (Å²) in [4.78, 5) is 6.09. The lowest BCUT2D eigenvalue weighted by Crippen LogP contribution is -2.53. The molecule has 1 atom stereocenters. The summed E-state index contributed by atoms with van der Waals surface area (Å²) < 4.78 is 1.27. The van der Waals surface area contributed by atoms with E-state index in [-0.39, 0.29) is 0 Å². The number of fused-ring (bicyclic) bond motifs is 1. The van der Waals surface area contributed by atoms with Crippen LogP contribution in [0.5, 0.6) is 0 Å². The van der Waals surface area contributed by atoms with Crippen LogP contribution >= 0.6 is 22.9 Å². The van der Waals surface area contributed by atoms with E-state index in [0.717, 1.165) is 37.7 Å². The Morgan fingerprint density at radius 3 is 2.90 bits per heavy atom. The number of hydrogen-bond donors (Lipinski definition) is 1. The summed E-state index contributed by atoms with van der Waals surface area (Å²) in [5, 5.41) is 5.67. The molecule has 5 heteroatoms. The Kier molecular flexibility index (Phi) is 4.82. The van der Waals surface area contributed by atoms with Crippen molar-refractivity contribution in [2.45, 2.75) is 12.6 Å². The average molecular weight is 324 g/mol. The van der Waals surface area contributed by atoms with Gasteiger partial charge in [-0.3, -0.25) is 4.90 Å². The first-order valence-corrected chi connectivity index (χ1v) is 8.60. The van der Waals surface area contributed by atoms with Crippen molar-refractivity contribution in [1.29, 1.82) is 0 Å². The molecule has 1 aromatic heterocycles. The maximum absolute atomic E-state index is 6.48. The van der Waals surface area contributed by atoms with Crippen molar-refractivity contribution < 1.29 is 0 Å². The second-order valence-electron chi connectivity index (χ2n) is 5.86. The summed E-state index contributed by atoms with van der Waals surface area (Å²) in [6, 6.07) is 8.93. The smallest absolute Gasteiger partial charge is 0.0636 e. The van der Waals surface area contributed by atoms with Gasteiger partial charge in [0.1, 0.15) is 0 Å². The molecule has 2 heterocycles. The second kappa shape index (κ2) is 6.63. The number of piperazine rings is 1. The number of rotatable bonds is 4. The number of halogens is 1. The largest absolute Gasteiger partial charge is 0.310 e. The standard InChI is InChI=1S/C16H22ClN3S/c1-19-7-8-20(2)12(11-19)9-18-10-15-16(17)13-5-3-4-6-14(13)21-15/h3-6,12,18H,7-11H2,1-2H3. The zero-order valence-electron chi connectivity index (χ0n) is 12.6. The van der Waals surface area contributed by atoms with Gasteiger partial charge in [-0.1, -0.05) is 29.8 Å². The van der Waals surface area contributed by atoms with E-state index in [9.17, 15) is 0 Å². The van der Waals surface area contributed by atoms with Gasteiger partial charge in [0.05, 0.1) is 5.02 Å². The van der Waals surface area contributed by atoms with Gasteiger partial charge in [-0.15, -0.1) is 11.3 Å². The van der Waals surface area contributed by atoms with Gasteiger partial charge >= 0.3 is 0 Å². The van der Waals surface area contributed by atoms with Gasteiger partial charge in [0.2, 0.25) is 0 Å². The van der Waals surface area contributed by atoms with Crippen LogP contribution in [0.4, 0.5) is 0 Å². The molecule has 1 N–H and O–H groups in total. The van der Waals surface area contributed by atoms with Crippen LogP contribution in [0.2, 0.25) is 5.02 Å². The fourth-order valence-corrected chi connectivity index (χ4v) is 4.32. The van der Waals surface area contributed by atoms with Crippen molar-refractivity contribution in [3.05, 3.63) is 34.2 Å². The molecule has 0 bridgehead atoms. The average Bonchev–Trinajstić information content (AvgIpc) is 2.80. The normalized spacial score (nSPS) is 21.2. The molecule has 1 unspecified atom stereocenters. The summed E-state index contributed by atoms with van der Waals surface area (Å²) in [5.41, 5.74) is 0. The van der Waals surface area contributed by atoms with Crippen molar-refractivity contribution in [3.8, 4) is 0 Å². The number of nitrogens with one attached hydrogen (secondary N) is 1. The van der Waals surface area contributed by atoms with Gasteiger partial charge in [0.25, 0.3) is 0 Å². The molecule has 1 aromatic carbocycles. The summed E-state index contributed by atoms with van der Waals surface area (Å²) in [5.74, 6) is 0. The molecule has 0 aliphatic carbocycles. The Balaban J connectivity index is 1.60. The molecular formula is C16H22ClN3S. The summed E-state index contributed by atoms with van der Waals surface area (Å²) in [7, 11) is 4.41. The number of benzene rings is 1. The molecule has 0 radical (unpaired) electrons. The van der Waals surface area contributed by atoms with Crippen LogP contribution in [-0.2, 0) is 6.54 Å². The third-order valence-corrected chi connectivity index (χ3v) is 5.96. The van der Waals surface area contributed by atoms with E-state index in [1.807, 2.05) is 6.07 Å². The minimum atomic E-state index is 0.580. The molecule has 1 aliphatic heterocycles. The number of likely N-dealkylation sites (N-methyl/N-ethyl adjacent to an activating group) is 2. The van der Waals surface area contributed by atoms with E-state index in [0.29, 0.717) is 6.04 Å². The van der Waals surface area contributed by atoms with Crippen LogP contribution in [-0.4, -0.2) is 56.1 Å². The van der Waals surface area contributed by atoms with Crippen molar-refractivity contribution in [2.24, 2.45) is 0 Å². The molecule has 2 aromatic rings. The molecule has 1 aliphatic rings.